The van der Waals surface area contributed by atoms with Crippen molar-refractivity contribution in [3.8, 4) is 0 Å². The van der Waals surface area contributed by atoms with E-state index in [-0.39, 0.29) is 19.0 Å². The van der Waals surface area contributed by atoms with Gasteiger partial charge in [0.2, 0.25) is 0 Å². The number of hydrogen-bond acceptors (Lipinski definition) is 5. The molecule has 166 valence electrons. The van der Waals surface area contributed by atoms with Gasteiger partial charge in [-0.25, -0.2) is 4.79 Å². The van der Waals surface area contributed by atoms with E-state index >= 15 is 0 Å². The van der Waals surface area contributed by atoms with Crippen LogP contribution in [-0.4, -0.2) is 70.4 Å². The van der Waals surface area contributed by atoms with E-state index in [1.807, 2.05) is 27.7 Å². The molecule has 1 spiro atoms. The summed E-state index contributed by atoms with van der Waals surface area (Å²) in [4.78, 5) is 38.2. The van der Waals surface area contributed by atoms with E-state index in [9.17, 15) is 14.4 Å². The van der Waals surface area contributed by atoms with Crippen molar-refractivity contribution in [2.24, 2.45) is 0 Å². The van der Waals surface area contributed by atoms with E-state index < -0.39 is 17.7 Å². The lowest BCUT2D eigenvalue weighted by Gasteiger charge is -2.37. The van der Waals surface area contributed by atoms with E-state index in [0.717, 1.165) is 5.56 Å². The fraction of sp³-hybridized carbons (Fsp3) is 0.545. The summed E-state index contributed by atoms with van der Waals surface area (Å²) in [5, 5.41) is 16.5. The Morgan fingerprint density at radius 1 is 1.07 bits per heavy atom. The molecular formula is C22H33N3O5. The predicted molar refractivity (Wildman–Crippen MR) is 115 cm³/mol. The number of rotatable bonds is 4. The Morgan fingerprint density at radius 2 is 1.57 bits per heavy atom. The summed E-state index contributed by atoms with van der Waals surface area (Å²) in [5.74, 6) is -1.17. The van der Waals surface area contributed by atoms with Gasteiger partial charge in [-0.05, 0) is 24.6 Å². The Labute approximate surface area is 178 Å². The number of amides is 2. The van der Waals surface area contributed by atoms with Gasteiger partial charge in [0, 0.05) is 37.2 Å². The van der Waals surface area contributed by atoms with Gasteiger partial charge in [0.1, 0.15) is 12.1 Å². The minimum atomic E-state index is -1.07. The molecule has 2 aliphatic heterocycles. The highest BCUT2D eigenvalue weighted by Gasteiger charge is 2.47. The first kappa shape index (κ1) is 25.1. The SMILES string of the molecule is CC.CC.CC(=N)c1ccc(C(=O)N2CCC3(CC2)CN(CC(=O)O)C(=O)O3)cc1. The lowest BCUT2D eigenvalue weighted by atomic mass is 9.91. The Hall–Kier alpha value is -2.90. The highest BCUT2D eigenvalue weighted by Crippen LogP contribution is 2.33. The average molecular weight is 420 g/mol. The largest absolute Gasteiger partial charge is 0.480 e. The second-order valence-electron chi connectivity index (χ2n) is 6.80. The quantitative estimate of drug-likeness (QED) is 0.724. The van der Waals surface area contributed by atoms with Gasteiger partial charge in [0.15, 0.2) is 0 Å². The molecule has 1 aromatic rings. The number of likely N-dealkylation sites (tertiary alicyclic amines) is 1. The zero-order valence-corrected chi connectivity index (χ0v) is 18.5. The first-order valence-corrected chi connectivity index (χ1v) is 10.4. The number of aliphatic carboxylic acids is 1. The van der Waals surface area contributed by atoms with Crippen molar-refractivity contribution in [2.75, 3.05) is 26.2 Å². The van der Waals surface area contributed by atoms with Crippen LogP contribution in [0.3, 0.4) is 0 Å². The maximum absolute atomic E-state index is 12.6. The fourth-order valence-corrected chi connectivity index (χ4v) is 3.40. The monoisotopic (exact) mass is 419 g/mol. The minimum Gasteiger partial charge on any atom is -0.480 e. The number of carbonyl (C=O) groups is 3. The summed E-state index contributed by atoms with van der Waals surface area (Å²) in [7, 11) is 0. The highest BCUT2D eigenvalue weighted by atomic mass is 16.6. The lowest BCUT2D eigenvalue weighted by molar-refractivity contribution is -0.137. The summed E-state index contributed by atoms with van der Waals surface area (Å²) in [6.07, 6.45) is 0.362. The summed E-state index contributed by atoms with van der Waals surface area (Å²) in [6, 6.07) is 6.93. The van der Waals surface area contributed by atoms with E-state index in [1.165, 1.54) is 4.90 Å². The predicted octanol–water partition coefficient (Wildman–Crippen LogP) is 3.64. The third-order valence-corrected chi connectivity index (χ3v) is 4.89. The van der Waals surface area contributed by atoms with Crippen LogP contribution in [0, 0.1) is 5.41 Å². The Kier molecular flexibility index (Phi) is 9.49. The molecule has 2 amide bonds. The number of nitrogens with zero attached hydrogens (tertiary/aromatic N) is 2. The number of ether oxygens (including phenoxy) is 1. The number of hydrogen-bond donors (Lipinski definition) is 2. The van der Waals surface area contributed by atoms with Gasteiger partial charge >= 0.3 is 12.1 Å². The minimum absolute atomic E-state index is 0.0965. The van der Waals surface area contributed by atoms with E-state index in [2.05, 4.69) is 0 Å². The van der Waals surface area contributed by atoms with Crippen LogP contribution >= 0.6 is 0 Å². The smallest absolute Gasteiger partial charge is 0.411 e. The number of carboxylic acids is 1. The molecule has 1 aromatic carbocycles. The molecule has 2 heterocycles. The van der Waals surface area contributed by atoms with Crippen LogP contribution in [0.25, 0.3) is 0 Å². The number of carbonyl (C=O) groups excluding carboxylic acids is 2. The number of carboxylic acid groups (broad SMARTS) is 1. The van der Waals surface area contributed by atoms with Crippen molar-refractivity contribution in [3.05, 3.63) is 35.4 Å². The first-order chi connectivity index (χ1) is 14.3. The molecule has 8 nitrogen and oxygen atoms in total. The fourth-order valence-electron chi connectivity index (χ4n) is 3.40. The molecule has 0 aromatic heterocycles. The summed E-state index contributed by atoms with van der Waals surface area (Å²) < 4.78 is 5.44. The van der Waals surface area contributed by atoms with E-state index in [4.69, 9.17) is 15.3 Å². The molecule has 8 heteroatoms. The molecule has 30 heavy (non-hydrogen) atoms. The van der Waals surface area contributed by atoms with Crippen LogP contribution in [0.1, 0.15) is 63.4 Å². The maximum Gasteiger partial charge on any atom is 0.411 e. The van der Waals surface area contributed by atoms with Gasteiger partial charge < -0.3 is 20.2 Å². The van der Waals surface area contributed by atoms with Gasteiger partial charge in [-0.15, -0.1) is 0 Å². The number of nitrogens with one attached hydrogen (secondary N) is 1. The molecule has 0 bridgehead atoms. The lowest BCUT2D eigenvalue weighted by Crippen LogP contribution is -2.49. The Bertz CT molecular complexity index is 753. The third kappa shape index (κ3) is 6.05. The second-order valence-corrected chi connectivity index (χ2v) is 6.80. The van der Waals surface area contributed by atoms with Crippen molar-refractivity contribution in [1.82, 2.24) is 9.80 Å². The molecule has 0 aliphatic carbocycles. The van der Waals surface area contributed by atoms with Gasteiger partial charge in [-0.3, -0.25) is 14.5 Å². The molecule has 0 atom stereocenters. The molecule has 2 N–H and O–H groups in total. The third-order valence-electron chi connectivity index (χ3n) is 4.89. The van der Waals surface area contributed by atoms with Gasteiger partial charge in [0.05, 0.1) is 6.54 Å². The molecule has 0 saturated carbocycles. The number of piperidine rings is 1. The standard InChI is InChI=1S/C18H21N3O5.2C2H6/c1-12(19)13-2-4-14(5-3-13)16(24)20-8-6-18(7-9-20)11-21(10-15(22)23)17(25)26-18;2*1-2/h2-5,19H,6-11H2,1H3,(H,22,23);2*1-2H3. The van der Waals surface area contributed by atoms with Crippen LogP contribution in [0.5, 0.6) is 0 Å². The highest BCUT2D eigenvalue weighted by molar-refractivity contribution is 5.98. The van der Waals surface area contributed by atoms with E-state index in [0.29, 0.717) is 37.2 Å². The van der Waals surface area contributed by atoms with Gasteiger partial charge in [0.25, 0.3) is 5.91 Å². The Morgan fingerprint density at radius 3 is 2.03 bits per heavy atom. The molecule has 2 aliphatic rings. The zero-order chi connectivity index (χ0) is 22.9. The molecular weight excluding hydrogens is 386 g/mol. The zero-order valence-electron chi connectivity index (χ0n) is 18.5. The Balaban J connectivity index is 0.00000106. The topological polar surface area (TPSA) is 111 Å². The van der Waals surface area contributed by atoms with E-state index in [1.54, 1.807) is 36.1 Å². The van der Waals surface area contributed by atoms with Crippen LogP contribution in [-0.2, 0) is 9.53 Å². The number of benzene rings is 1. The molecule has 3 rings (SSSR count). The summed E-state index contributed by atoms with van der Waals surface area (Å²) in [6.45, 7) is 10.4. The second kappa shape index (κ2) is 11.3. The average Bonchev–Trinajstić information content (AvgIpc) is 3.05. The normalized spacial score (nSPS) is 16.6. The maximum atomic E-state index is 12.6. The van der Waals surface area contributed by atoms with Crippen molar-refractivity contribution in [3.63, 3.8) is 0 Å². The van der Waals surface area contributed by atoms with Crippen molar-refractivity contribution < 1.29 is 24.2 Å². The summed E-state index contributed by atoms with van der Waals surface area (Å²) in [5.41, 5.74) is 1.07. The van der Waals surface area contributed by atoms with Gasteiger partial charge in [-0.1, -0.05) is 39.8 Å². The van der Waals surface area contributed by atoms with Crippen molar-refractivity contribution in [1.29, 1.82) is 5.41 Å². The van der Waals surface area contributed by atoms with Crippen LogP contribution in [0.2, 0.25) is 0 Å². The van der Waals surface area contributed by atoms with Crippen molar-refractivity contribution in [2.45, 2.75) is 53.1 Å². The van der Waals surface area contributed by atoms with Crippen molar-refractivity contribution >= 4 is 23.7 Å². The van der Waals surface area contributed by atoms with Crippen LogP contribution in [0.15, 0.2) is 24.3 Å². The molecule has 2 fully saturated rings. The van der Waals surface area contributed by atoms with Gasteiger partial charge in [-0.2, -0.15) is 0 Å². The van der Waals surface area contributed by atoms with Crippen LogP contribution in [0.4, 0.5) is 4.79 Å². The first-order valence-electron chi connectivity index (χ1n) is 10.4. The summed E-state index contributed by atoms with van der Waals surface area (Å²) >= 11 is 0. The molecule has 0 unspecified atom stereocenters. The molecule has 0 radical (unpaired) electrons. The molecule has 2 saturated heterocycles. The van der Waals surface area contributed by atoms with Crippen LogP contribution < -0.4 is 0 Å².